The van der Waals surface area contributed by atoms with Crippen LogP contribution in [0.5, 0.6) is 5.75 Å². The molecule has 0 aliphatic rings. The Morgan fingerprint density at radius 1 is 1.10 bits per heavy atom. The highest BCUT2D eigenvalue weighted by Crippen LogP contribution is 2.27. The zero-order chi connectivity index (χ0) is 15.1. The van der Waals surface area contributed by atoms with Crippen LogP contribution < -0.4 is 10.1 Å². The first kappa shape index (κ1) is 16.2. The van der Waals surface area contributed by atoms with E-state index in [-0.39, 0.29) is 6.04 Å². The molecule has 4 heteroatoms. The number of rotatable bonds is 7. The molecule has 0 aliphatic heterocycles. The van der Waals surface area contributed by atoms with Crippen LogP contribution in [-0.4, -0.2) is 13.2 Å². The minimum absolute atomic E-state index is 0.203. The predicted molar refractivity (Wildman–Crippen MR) is 89.4 cm³/mol. The summed E-state index contributed by atoms with van der Waals surface area (Å²) in [5, 5.41) is 4.82. The van der Waals surface area contributed by atoms with Gasteiger partial charge >= 0.3 is 0 Å². The van der Waals surface area contributed by atoms with Gasteiger partial charge in [-0.1, -0.05) is 54.4 Å². The Morgan fingerprint density at radius 3 is 2.52 bits per heavy atom. The van der Waals surface area contributed by atoms with Gasteiger partial charge in [0.05, 0.1) is 0 Å². The van der Waals surface area contributed by atoms with E-state index in [2.05, 4.69) is 12.2 Å². The normalized spacial score (nSPS) is 12.1. The van der Waals surface area contributed by atoms with Crippen molar-refractivity contribution in [2.45, 2.75) is 19.4 Å². The van der Waals surface area contributed by atoms with Crippen LogP contribution in [0.1, 0.15) is 24.9 Å². The second kappa shape index (κ2) is 8.28. The highest BCUT2D eigenvalue weighted by molar-refractivity contribution is 6.35. The molecule has 0 saturated carbocycles. The highest BCUT2D eigenvalue weighted by atomic mass is 35.5. The molecule has 1 atom stereocenters. The molecular formula is C17H19Cl2NO. The number of para-hydroxylation sites is 1. The molecule has 2 aromatic rings. The Hall–Kier alpha value is -1.22. The van der Waals surface area contributed by atoms with Gasteiger partial charge in [0.2, 0.25) is 0 Å². The van der Waals surface area contributed by atoms with Gasteiger partial charge in [0, 0.05) is 22.6 Å². The lowest BCUT2D eigenvalue weighted by atomic mass is 10.0. The third kappa shape index (κ3) is 4.92. The average molecular weight is 324 g/mol. The predicted octanol–water partition coefficient (Wildman–Crippen LogP) is 5.11. The Balaban J connectivity index is 1.85. The molecule has 0 radical (unpaired) electrons. The minimum Gasteiger partial charge on any atom is -0.492 e. The topological polar surface area (TPSA) is 21.3 Å². The highest BCUT2D eigenvalue weighted by Gasteiger charge is 2.12. The lowest BCUT2D eigenvalue weighted by Crippen LogP contribution is -2.26. The summed E-state index contributed by atoms with van der Waals surface area (Å²) >= 11 is 12.2. The molecule has 0 aromatic heterocycles. The van der Waals surface area contributed by atoms with E-state index in [4.69, 9.17) is 27.9 Å². The Morgan fingerprint density at radius 2 is 1.86 bits per heavy atom. The number of nitrogens with one attached hydrogen (secondary N) is 1. The summed E-state index contributed by atoms with van der Waals surface area (Å²) in [4.78, 5) is 0. The lowest BCUT2D eigenvalue weighted by Gasteiger charge is -2.19. The molecule has 21 heavy (non-hydrogen) atoms. The van der Waals surface area contributed by atoms with Crippen LogP contribution in [-0.2, 0) is 0 Å². The van der Waals surface area contributed by atoms with Gasteiger partial charge in [-0.05, 0) is 36.2 Å². The Labute approximate surface area is 136 Å². The van der Waals surface area contributed by atoms with Gasteiger partial charge in [-0.3, -0.25) is 0 Å². The molecule has 0 bridgehead atoms. The van der Waals surface area contributed by atoms with E-state index in [0.717, 1.165) is 24.3 Å². The van der Waals surface area contributed by atoms with E-state index in [9.17, 15) is 0 Å². The van der Waals surface area contributed by atoms with Crippen LogP contribution in [0.2, 0.25) is 10.0 Å². The maximum atomic E-state index is 6.26. The van der Waals surface area contributed by atoms with Gasteiger partial charge in [-0.15, -0.1) is 0 Å². The number of benzene rings is 2. The molecule has 1 N–H and O–H groups in total. The minimum atomic E-state index is 0.203. The van der Waals surface area contributed by atoms with Gasteiger partial charge in [0.15, 0.2) is 0 Å². The van der Waals surface area contributed by atoms with E-state index < -0.39 is 0 Å². The average Bonchev–Trinajstić information content (AvgIpc) is 2.49. The lowest BCUT2D eigenvalue weighted by molar-refractivity contribution is 0.304. The summed E-state index contributed by atoms with van der Waals surface area (Å²) in [6.07, 6.45) is 0.951. The smallest absolute Gasteiger partial charge is 0.119 e. The zero-order valence-electron chi connectivity index (χ0n) is 12.0. The molecule has 0 aliphatic carbocycles. The van der Waals surface area contributed by atoms with Crippen LogP contribution in [0, 0.1) is 0 Å². The van der Waals surface area contributed by atoms with Crippen molar-refractivity contribution in [3.05, 3.63) is 64.1 Å². The van der Waals surface area contributed by atoms with Crippen molar-refractivity contribution in [1.82, 2.24) is 5.32 Å². The first-order valence-corrected chi connectivity index (χ1v) is 7.82. The fourth-order valence-electron chi connectivity index (χ4n) is 2.18. The van der Waals surface area contributed by atoms with Crippen molar-refractivity contribution in [2.75, 3.05) is 13.2 Å². The van der Waals surface area contributed by atoms with Crippen LogP contribution in [0.15, 0.2) is 48.5 Å². The summed E-state index contributed by atoms with van der Waals surface area (Å²) in [6.45, 7) is 3.50. The third-order valence-electron chi connectivity index (χ3n) is 3.25. The fourth-order valence-corrected chi connectivity index (χ4v) is 2.72. The van der Waals surface area contributed by atoms with Gasteiger partial charge in [-0.25, -0.2) is 0 Å². The van der Waals surface area contributed by atoms with Gasteiger partial charge in [-0.2, -0.15) is 0 Å². The molecule has 0 saturated heterocycles. The maximum Gasteiger partial charge on any atom is 0.119 e. The summed E-state index contributed by atoms with van der Waals surface area (Å²) < 4.78 is 5.67. The maximum absolute atomic E-state index is 6.26. The summed E-state index contributed by atoms with van der Waals surface area (Å²) in [5.74, 6) is 0.886. The molecule has 0 spiro atoms. The quantitative estimate of drug-likeness (QED) is 0.714. The largest absolute Gasteiger partial charge is 0.492 e. The number of hydrogen-bond acceptors (Lipinski definition) is 2. The van der Waals surface area contributed by atoms with E-state index >= 15 is 0 Å². The molecule has 1 unspecified atom stereocenters. The fraction of sp³-hybridized carbons (Fsp3) is 0.294. The first-order valence-electron chi connectivity index (χ1n) is 7.07. The Bertz CT molecular complexity index is 560. The van der Waals surface area contributed by atoms with E-state index in [0.29, 0.717) is 16.7 Å². The van der Waals surface area contributed by atoms with E-state index in [1.807, 2.05) is 42.5 Å². The molecule has 2 rings (SSSR count). The molecule has 0 fully saturated rings. The van der Waals surface area contributed by atoms with Gasteiger partial charge < -0.3 is 10.1 Å². The molecule has 2 nitrogen and oxygen atoms in total. The van der Waals surface area contributed by atoms with Crippen molar-refractivity contribution in [2.24, 2.45) is 0 Å². The number of ether oxygens (including phenoxy) is 1. The SMILES string of the molecule is CCC(NCCOc1ccccc1)c1ccc(Cl)cc1Cl. The van der Waals surface area contributed by atoms with Crippen LogP contribution in [0.25, 0.3) is 0 Å². The van der Waals surface area contributed by atoms with Crippen molar-refractivity contribution in [3.8, 4) is 5.75 Å². The van der Waals surface area contributed by atoms with Gasteiger partial charge in [0.1, 0.15) is 12.4 Å². The Kier molecular flexibility index (Phi) is 6.37. The molecule has 112 valence electrons. The van der Waals surface area contributed by atoms with Crippen LogP contribution in [0.4, 0.5) is 0 Å². The van der Waals surface area contributed by atoms with E-state index in [1.54, 1.807) is 6.07 Å². The monoisotopic (exact) mass is 323 g/mol. The number of hydrogen-bond donors (Lipinski definition) is 1. The van der Waals surface area contributed by atoms with Crippen LogP contribution >= 0.6 is 23.2 Å². The van der Waals surface area contributed by atoms with Crippen molar-refractivity contribution < 1.29 is 4.74 Å². The van der Waals surface area contributed by atoms with Gasteiger partial charge in [0.25, 0.3) is 0 Å². The van der Waals surface area contributed by atoms with Crippen LogP contribution in [0.3, 0.4) is 0 Å². The zero-order valence-corrected chi connectivity index (χ0v) is 13.5. The second-order valence-corrected chi connectivity index (χ2v) is 5.59. The standard InChI is InChI=1S/C17H19Cl2NO/c1-2-17(15-9-8-13(18)12-16(15)19)20-10-11-21-14-6-4-3-5-7-14/h3-9,12,17,20H,2,10-11H2,1H3. The summed E-state index contributed by atoms with van der Waals surface area (Å²) in [6, 6.07) is 15.6. The number of halogens is 2. The third-order valence-corrected chi connectivity index (χ3v) is 3.81. The summed E-state index contributed by atoms with van der Waals surface area (Å²) in [5.41, 5.74) is 1.07. The molecular weight excluding hydrogens is 305 g/mol. The van der Waals surface area contributed by atoms with Crippen molar-refractivity contribution in [1.29, 1.82) is 0 Å². The second-order valence-electron chi connectivity index (χ2n) is 4.74. The van der Waals surface area contributed by atoms with Crippen molar-refractivity contribution >= 4 is 23.2 Å². The first-order chi connectivity index (χ1) is 10.2. The molecule has 2 aromatic carbocycles. The summed E-state index contributed by atoms with van der Waals surface area (Å²) in [7, 11) is 0. The van der Waals surface area contributed by atoms with E-state index in [1.165, 1.54) is 0 Å². The molecule has 0 heterocycles. The van der Waals surface area contributed by atoms with Crippen molar-refractivity contribution in [3.63, 3.8) is 0 Å². The molecule has 0 amide bonds.